The topological polar surface area (TPSA) is 119 Å². The number of aryl methyl sites for hydroxylation is 2. The Labute approximate surface area is 190 Å². The van der Waals surface area contributed by atoms with Gasteiger partial charge in [0.15, 0.2) is 5.65 Å². The molecular weight excluding hydrogens is 444 g/mol. The normalized spacial score (nSPS) is 11.8. The third-order valence-electron chi connectivity index (χ3n) is 5.34. The van der Waals surface area contributed by atoms with Gasteiger partial charge in [-0.25, -0.2) is 27.1 Å². The lowest BCUT2D eigenvalue weighted by Crippen LogP contribution is -2.33. The second-order valence-corrected chi connectivity index (χ2v) is 9.89. The molecule has 0 aliphatic heterocycles. The lowest BCUT2D eigenvalue weighted by Gasteiger charge is -2.12. The number of amides is 1. The van der Waals surface area contributed by atoms with Gasteiger partial charge in [0, 0.05) is 19.7 Å². The van der Waals surface area contributed by atoms with E-state index in [2.05, 4.69) is 15.5 Å². The number of nitrogens with one attached hydrogen (secondary N) is 1. The SMILES string of the molecule is Cc1ccc(-n2ncc3c(=O)n(NC(=O)c4ccc(S(=O)(=O)N(C)C)cc4)cnc32)cc1C. The van der Waals surface area contributed by atoms with Gasteiger partial charge in [0.2, 0.25) is 10.0 Å². The van der Waals surface area contributed by atoms with Gasteiger partial charge in [-0.2, -0.15) is 5.10 Å². The van der Waals surface area contributed by atoms with Crippen molar-refractivity contribution in [3.63, 3.8) is 0 Å². The minimum Gasteiger partial charge on any atom is -0.267 e. The second kappa shape index (κ2) is 8.26. The van der Waals surface area contributed by atoms with E-state index >= 15 is 0 Å². The van der Waals surface area contributed by atoms with Crippen LogP contribution in [0.15, 0.2) is 64.7 Å². The van der Waals surface area contributed by atoms with E-state index in [9.17, 15) is 18.0 Å². The van der Waals surface area contributed by atoms with E-state index in [0.717, 1.165) is 25.8 Å². The predicted octanol–water partition coefficient (Wildman–Crippen LogP) is 1.83. The van der Waals surface area contributed by atoms with Crippen LogP contribution in [0, 0.1) is 13.8 Å². The molecule has 2 aromatic heterocycles. The van der Waals surface area contributed by atoms with Crippen LogP contribution in [0.5, 0.6) is 0 Å². The number of hydrogen-bond acceptors (Lipinski definition) is 6. The standard InChI is InChI=1S/C22H22N6O4S/c1-14-5-8-17(11-15(14)2)28-20-19(12-24-28)22(30)27(13-23-20)25-21(29)16-6-9-18(10-7-16)33(31,32)26(3)4/h5-13H,1-4H3,(H,25,29). The Balaban J connectivity index is 1.62. The molecule has 0 unspecified atom stereocenters. The Morgan fingerprint density at radius 2 is 1.73 bits per heavy atom. The van der Waals surface area contributed by atoms with Gasteiger partial charge >= 0.3 is 0 Å². The maximum absolute atomic E-state index is 12.9. The molecule has 0 aliphatic carbocycles. The number of carbonyl (C=O) groups excluding carboxylic acids is 1. The Morgan fingerprint density at radius 3 is 2.36 bits per heavy atom. The molecule has 33 heavy (non-hydrogen) atoms. The fourth-order valence-electron chi connectivity index (χ4n) is 3.20. The Morgan fingerprint density at radius 1 is 1.03 bits per heavy atom. The van der Waals surface area contributed by atoms with Crippen molar-refractivity contribution in [1.29, 1.82) is 0 Å². The van der Waals surface area contributed by atoms with Crippen molar-refractivity contribution in [3.8, 4) is 5.69 Å². The Bertz CT molecular complexity index is 1540. The lowest BCUT2D eigenvalue weighted by molar-refractivity contribution is 0.101. The minimum atomic E-state index is -3.61. The molecule has 0 aliphatic rings. The van der Waals surface area contributed by atoms with Crippen molar-refractivity contribution in [3.05, 3.63) is 82.0 Å². The van der Waals surface area contributed by atoms with Gasteiger partial charge in [0.1, 0.15) is 11.7 Å². The van der Waals surface area contributed by atoms with E-state index in [-0.39, 0.29) is 15.8 Å². The molecule has 0 saturated heterocycles. The van der Waals surface area contributed by atoms with Gasteiger partial charge in [0.25, 0.3) is 11.5 Å². The molecule has 1 N–H and O–H groups in total. The van der Waals surface area contributed by atoms with Gasteiger partial charge in [0.05, 0.1) is 16.8 Å². The first kappa shape index (κ1) is 22.4. The van der Waals surface area contributed by atoms with Crippen LogP contribution >= 0.6 is 0 Å². The molecule has 11 heteroatoms. The average molecular weight is 467 g/mol. The molecule has 2 aromatic carbocycles. The second-order valence-electron chi connectivity index (χ2n) is 7.73. The van der Waals surface area contributed by atoms with Crippen LogP contribution in [-0.4, -0.2) is 52.2 Å². The smallest absolute Gasteiger partial charge is 0.267 e. The number of benzene rings is 2. The largest absolute Gasteiger partial charge is 0.283 e. The third kappa shape index (κ3) is 4.03. The zero-order valence-electron chi connectivity index (χ0n) is 18.5. The molecule has 1 amide bonds. The van der Waals surface area contributed by atoms with Crippen LogP contribution in [-0.2, 0) is 10.0 Å². The molecule has 0 bridgehead atoms. The van der Waals surface area contributed by atoms with Crippen molar-refractivity contribution in [2.45, 2.75) is 18.7 Å². The van der Waals surface area contributed by atoms with E-state index in [4.69, 9.17) is 0 Å². The van der Waals surface area contributed by atoms with E-state index < -0.39 is 21.5 Å². The summed E-state index contributed by atoms with van der Waals surface area (Å²) in [5.41, 5.74) is 5.53. The van der Waals surface area contributed by atoms with E-state index in [1.165, 1.54) is 50.9 Å². The fraction of sp³-hybridized carbons (Fsp3) is 0.182. The maximum Gasteiger partial charge on any atom is 0.283 e. The van der Waals surface area contributed by atoms with Gasteiger partial charge in [-0.05, 0) is 61.4 Å². The van der Waals surface area contributed by atoms with Crippen molar-refractivity contribution in [1.82, 2.24) is 23.7 Å². The highest BCUT2D eigenvalue weighted by molar-refractivity contribution is 7.89. The molecular formula is C22H22N6O4S. The quantitative estimate of drug-likeness (QED) is 0.479. The number of rotatable bonds is 5. The summed E-state index contributed by atoms with van der Waals surface area (Å²) in [5, 5.41) is 4.53. The molecule has 10 nitrogen and oxygen atoms in total. The zero-order chi connectivity index (χ0) is 23.9. The maximum atomic E-state index is 12.9. The minimum absolute atomic E-state index is 0.0584. The first-order valence-corrected chi connectivity index (χ1v) is 11.4. The van der Waals surface area contributed by atoms with E-state index in [1.807, 2.05) is 32.0 Å². The summed E-state index contributed by atoms with van der Waals surface area (Å²) < 4.78 is 28.0. The van der Waals surface area contributed by atoms with Gasteiger partial charge < -0.3 is 0 Å². The highest BCUT2D eigenvalue weighted by Crippen LogP contribution is 2.17. The van der Waals surface area contributed by atoms with Crippen LogP contribution in [0.1, 0.15) is 21.5 Å². The van der Waals surface area contributed by atoms with E-state index in [1.54, 1.807) is 4.68 Å². The van der Waals surface area contributed by atoms with Crippen molar-refractivity contribution in [2.75, 3.05) is 19.5 Å². The number of aromatic nitrogens is 4. The Hall–Kier alpha value is -3.83. The number of hydrogen-bond donors (Lipinski definition) is 1. The van der Waals surface area contributed by atoms with Crippen molar-refractivity contribution < 1.29 is 13.2 Å². The average Bonchev–Trinajstić information content (AvgIpc) is 3.22. The van der Waals surface area contributed by atoms with E-state index in [0.29, 0.717) is 5.65 Å². The molecule has 0 radical (unpaired) electrons. The number of sulfonamides is 1. The summed E-state index contributed by atoms with van der Waals surface area (Å²) in [4.78, 5) is 29.9. The Kier molecular flexibility index (Phi) is 5.60. The molecule has 170 valence electrons. The van der Waals surface area contributed by atoms with Gasteiger partial charge in [-0.3, -0.25) is 15.0 Å². The molecule has 0 saturated carbocycles. The predicted molar refractivity (Wildman–Crippen MR) is 124 cm³/mol. The summed E-state index contributed by atoms with van der Waals surface area (Å²) >= 11 is 0. The van der Waals surface area contributed by atoms with Crippen molar-refractivity contribution >= 4 is 27.0 Å². The zero-order valence-corrected chi connectivity index (χ0v) is 19.3. The highest BCUT2D eigenvalue weighted by Gasteiger charge is 2.18. The highest BCUT2D eigenvalue weighted by atomic mass is 32.2. The molecule has 0 spiro atoms. The van der Waals surface area contributed by atoms with Gasteiger partial charge in [-0.15, -0.1) is 0 Å². The molecule has 0 fully saturated rings. The van der Waals surface area contributed by atoms with Gasteiger partial charge in [-0.1, -0.05) is 6.07 Å². The van der Waals surface area contributed by atoms with Crippen LogP contribution < -0.4 is 11.0 Å². The lowest BCUT2D eigenvalue weighted by atomic mass is 10.1. The number of carbonyl (C=O) groups is 1. The van der Waals surface area contributed by atoms with Crippen molar-refractivity contribution in [2.24, 2.45) is 0 Å². The van der Waals surface area contributed by atoms with Crippen LogP contribution in [0.2, 0.25) is 0 Å². The fourth-order valence-corrected chi connectivity index (χ4v) is 4.10. The summed E-state index contributed by atoms with van der Waals surface area (Å²) in [6.07, 6.45) is 2.62. The summed E-state index contributed by atoms with van der Waals surface area (Å²) in [6.45, 7) is 4.00. The monoisotopic (exact) mass is 466 g/mol. The van der Waals surface area contributed by atoms with Crippen LogP contribution in [0.3, 0.4) is 0 Å². The summed E-state index contributed by atoms with van der Waals surface area (Å²) in [7, 11) is -0.759. The summed E-state index contributed by atoms with van der Waals surface area (Å²) in [5.74, 6) is -0.589. The van der Waals surface area contributed by atoms with Crippen LogP contribution in [0.4, 0.5) is 0 Å². The first-order chi connectivity index (χ1) is 15.6. The molecule has 2 heterocycles. The third-order valence-corrected chi connectivity index (χ3v) is 7.17. The summed E-state index contributed by atoms with van der Waals surface area (Å²) in [6, 6.07) is 11.2. The molecule has 4 aromatic rings. The number of nitrogens with zero attached hydrogens (tertiary/aromatic N) is 5. The first-order valence-electron chi connectivity index (χ1n) is 9.96. The molecule has 0 atom stereocenters. The molecule has 4 rings (SSSR count). The number of fused-ring (bicyclic) bond motifs is 1. The van der Waals surface area contributed by atoms with Crippen LogP contribution in [0.25, 0.3) is 16.7 Å².